The molecule has 0 aliphatic heterocycles. The quantitative estimate of drug-likeness (QED) is 0.606. The van der Waals surface area contributed by atoms with Gasteiger partial charge >= 0.3 is 0 Å². The molecule has 1 aromatic heterocycles. The number of Topliss-reactive ketones (excluding diaryl/α,β-unsaturated/α-hetero) is 1. The molecule has 0 saturated carbocycles. The van der Waals surface area contributed by atoms with Crippen molar-refractivity contribution in [1.82, 2.24) is 4.57 Å². The first-order chi connectivity index (χ1) is 4.68. The highest BCUT2D eigenvalue weighted by molar-refractivity contribution is 5.75. The van der Waals surface area contributed by atoms with E-state index in [1.165, 1.54) is 30.0 Å². The van der Waals surface area contributed by atoms with Gasteiger partial charge in [0.2, 0.25) is 0 Å². The van der Waals surface area contributed by atoms with Crippen LogP contribution in [0.4, 0.5) is 4.39 Å². The van der Waals surface area contributed by atoms with Crippen LogP contribution >= 0.6 is 0 Å². The minimum Gasteiger partial charge on any atom is -0.344 e. The van der Waals surface area contributed by atoms with Gasteiger partial charge in [-0.15, -0.1) is 0 Å². The van der Waals surface area contributed by atoms with Crippen LogP contribution < -0.4 is 0 Å². The van der Waals surface area contributed by atoms with Gasteiger partial charge < -0.3 is 4.57 Å². The molecular weight excluding hydrogens is 133 g/mol. The predicted molar refractivity (Wildman–Crippen MR) is 35.1 cm³/mol. The van der Waals surface area contributed by atoms with E-state index in [2.05, 4.69) is 0 Å². The molecule has 0 atom stereocenters. The summed E-state index contributed by atoms with van der Waals surface area (Å²) in [6.07, 6.45) is 2.83. The maximum absolute atomic E-state index is 12.2. The van der Waals surface area contributed by atoms with E-state index in [9.17, 15) is 9.18 Å². The zero-order valence-corrected chi connectivity index (χ0v) is 5.67. The summed E-state index contributed by atoms with van der Waals surface area (Å²) < 4.78 is 13.8. The molecule has 3 heteroatoms. The molecule has 10 heavy (non-hydrogen) atoms. The first kappa shape index (κ1) is 6.99. The van der Waals surface area contributed by atoms with Crippen LogP contribution in [0, 0.1) is 5.82 Å². The van der Waals surface area contributed by atoms with E-state index >= 15 is 0 Å². The number of carbonyl (C=O) groups is 1. The number of hydrogen-bond acceptors (Lipinski definition) is 1. The van der Waals surface area contributed by atoms with E-state index in [-0.39, 0.29) is 18.1 Å². The van der Waals surface area contributed by atoms with Crippen molar-refractivity contribution in [3.8, 4) is 0 Å². The van der Waals surface area contributed by atoms with Gasteiger partial charge in [-0.25, -0.2) is 4.39 Å². The van der Waals surface area contributed by atoms with Crippen molar-refractivity contribution in [1.29, 1.82) is 0 Å². The van der Waals surface area contributed by atoms with Crippen molar-refractivity contribution in [2.45, 2.75) is 13.5 Å². The zero-order chi connectivity index (χ0) is 7.56. The van der Waals surface area contributed by atoms with Gasteiger partial charge in [-0.2, -0.15) is 0 Å². The molecule has 0 amide bonds. The summed E-state index contributed by atoms with van der Waals surface area (Å²) in [6, 6.07) is 1.32. The van der Waals surface area contributed by atoms with Crippen LogP contribution in [-0.2, 0) is 11.3 Å². The highest BCUT2D eigenvalue weighted by Gasteiger charge is 1.96. The zero-order valence-electron chi connectivity index (χ0n) is 5.67. The lowest BCUT2D eigenvalue weighted by Crippen LogP contribution is -2.02. The van der Waals surface area contributed by atoms with Gasteiger partial charge in [-0.3, -0.25) is 4.79 Å². The number of ketones is 1. The Labute approximate surface area is 58.3 Å². The minimum atomic E-state index is -0.304. The largest absolute Gasteiger partial charge is 0.344 e. The third-order valence-corrected chi connectivity index (χ3v) is 1.12. The van der Waals surface area contributed by atoms with Crippen molar-refractivity contribution in [2.75, 3.05) is 0 Å². The summed E-state index contributed by atoms with van der Waals surface area (Å²) in [5, 5.41) is 0. The fourth-order valence-electron chi connectivity index (χ4n) is 0.767. The number of nitrogens with zero attached hydrogens (tertiary/aromatic N) is 1. The Balaban J connectivity index is 2.67. The highest BCUT2D eigenvalue weighted by atomic mass is 19.1. The van der Waals surface area contributed by atoms with Crippen LogP contribution in [0.2, 0.25) is 0 Å². The molecule has 0 aromatic carbocycles. The second kappa shape index (κ2) is 2.64. The summed E-state index contributed by atoms with van der Waals surface area (Å²) in [5.41, 5.74) is 0. The Morgan fingerprint density at radius 2 is 2.50 bits per heavy atom. The first-order valence-electron chi connectivity index (χ1n) is 2.99. The molecular formula is C7H8FNO. The van der Waals surface area contributed by atoms with Crippen LogP contribution in [0.1, 0.15) is 6.92 Å². The van der Waals surface area contributed by atoms with E-state index < -0.39 is 0 Å². The van der Waals surface area contributed by atoms with Gasteiger partial charge in [-0.05, 0) is 13.0 Å². The van der Waals surface area contributed by atoms with Gasteiger partial charge in [-0.1, -0.05) is 0 Å². The number of aromatic nitrogens is 1. The molecule has 0 saturated heterocycles. The SMILES string of the molecule is CC(=O)Cn1ccc(F)c1. The van der Waals surface area contributed by atoms with Crippen LogP contribution in [-0.4, -0.2) is 10.4 Å². The summed E-state index contributed by atoms with van der Waals surface area (Å²) >= 11 is 0. The lowest BCUT2D eigenvalue weighted by molar-refractivity contribution is -0.117. The molecule has 0 unspecified atom stereocenters. The van der Waals surface area contributed by atoms with Crippen molar-refractivity contribution in [3.05, 3.63) is 24.3 Å². The Kier molecular flexibility index (Phi) is 1.85. The predicted octanol–water partition coefficient (Wildman–Crippen LogP) is 1.22. The van der Waals surface area contributed by atoms with Gasteiger partial charge in [0, 0.05) is 12.4 Å². The first-order valence-corrected chi connectivity index (χ1v) is 2.99. The molecule has 0 aliphatic carbocycles. The standard InChI is InChI=1S/C7H8FNO/c1-6(10)4-9-3-2-7(8)5-9/h2-3,5H,4H2,1H3. The molecule has 0 N–H and O–H groups in total. The highest BCUT2D eigenvalue weighted by Crippen LogP contribution is 1.97. The molecule has 1 rings (SSSR count). The average Bonchev–Trinajstić information content (AvgIpc) is 2.13. The second-order valence-corrected chi connectivity index (χ2v) is 2.20. The third kappa shape index (κ3) is 1.69. The van der Waals surface area contributed by atoms with Crippen molar-refractivity contribution in [2.24, 2.45) is 0 Å². The molecule has 0 bridgehead atoms. The number of carbonyl (C=O) groups excluding carboxylic acids is 1. The molecule has 0 fully saturated rings. The molecule has 0 spiro atoms. The lowest BCUT2D eigenvalue weighted by Gasteiger charge is -1.94. The van der Waals surface area contributed by atoms with E-state index in [0.717, 1.165) is 0 Å². The molecule has 1 heterocycles. The van der Waals surface area contributed by atoms with Crippen molar-refractivity contribution < 1.29 is 9.18 Å². The average molecular weight is 141 g/mol. The maximum Gasteiger partial charge on any atom is 0.149 e. The minimum absolute atomic E-state index is 0.0237. The van der Waals surface area contributed by atoms with Gasteiger partial charge in [0.25, 0.3) is 0 Å². The molecule has 0 radical (unpaired) electrons. The van der Waals surface area contributed by atoms with E-state index in [0.29, 0.717) is 0 Å². The van der Waals surface area contributed by atoms with Crippen molar-refractivity contribution in [3.63, 3.8) is 0 Å². The summed E-state index contributed by atoms with van der Waals surface area (Å²) in [5.74, 6) is -0.281. The van der Waals surface area contributed by atoms with Gasteiger partial charge in [0.05, 0.1) is 6.54 Å². The van der Waals surface area contributed by atoms with Gasteiger partial charge in [0.15, 0.2) is 0 Å². The Hall–Kier alpha value is -1.12. The fourth-order valence-corrected chi connectivity index (χ4v) is 0.767. The van der Waals surface area contributed by atoms with Crippen LogP contribution in [0.15, 0.2) is 18.5 Å². The van der Waals surface area contributed by atoms with Crippen molar-refractivity contribution >= 4 is 5.78 Å². The number of halogens is 1. The summed E-state index contributed by atoms with van der Waals surface area (Å²) in [4.78, 5) is 10.5. The normalized spacial score (nSPS) is 9.80. The smallest absolute Gasteiger partial charge is 0.149 e. The Bertz CT molecular complexity index is 242. The van der Waals surface area contributed by atoms with E-state index in [1.807, 2.05) is 0 Å². The van der Waals surface area contributed by atoms with E-state index in [4.69, 9.17) is 0 Å². The van der Waals surface area contributed by atoms with Crippen LogP contribution in [0.3, 0.4) is 0 Å². The Morgan fingerprint density at radius 1 is 1.80 bits per heavy atom. The summed E-state index contributed by atoms with van der Waals surface area (Å²) in [6.45, 7) is 1.72. The Morgan fingerprint density at radius 3 is 2.90 bits per heavy atom. The molecule has 0 aliphatic rings. The third-order valence-electron chi connectivity index (χ3n) is 1.12. The number of hydrogen-bond donors (Lipinski definition) is 0. The second-order valence-electron chi connectivity index (χ2n) is 2.20. The molecule has 1 aromatic rings. The molecule has 54 valence electrons. The fraction of sp³-hybridized carbons (Fsp3) is 0.286. The summed E-state index contributed by atoms with van der Waals surface area (Å²) in [7, 11) is 0. The number of rotatable bonds is 2. The molecule has 2 nitrogen and oxygen atoms in total. The van der Waals surface area contributed by atoms with E-state index in [1.54, 1.807) is 0 Å². The van der Waals surface area contributed by atoms with Crippen LogP contribution in [0.5, 0.6) is 0 Å². The topological polar surface area (TPSA) is 22.0 Å². The maximum atomic E-state index is 12.2. The van der Waals surface area contributed by atoms with Crippen LogP contribution in [0.25, 0.3) is 0 Å². The lowest BCUT2D eigenvalue weighted by atomic mass is 10.4. The van der Waals surface area contributed by atoms with Gasteiger partial charge in [0.1, 0.15) is 11.6 Å². The monoisotopic (exact) mass is 141 g/mol.